The first-order valence-electron chi connectivity index (χ1n) is 4.52. The molecule has 1 N–H and O–H groups in total. The van der Waals surface area contributed by atoms with Gasteiger partial charge in [-0.25, -0.2) is 4.39 Å². The molecular formula is C12H7BrClFO. The summed E-state index contributed by atoms with van der Waals surface area (Å²) in [4.78, 5) is 0. The highest BCUT2D eigenvalue weighted by molar-refractivity contribution is 9.10. The third-order valence-corrected chi connectivity index (χ3v) is 3.09. The Balaban J connectivity index is 2.72. The Morgan fingerprint density at radius 2 is 1.94 bits per heavy atom. The second-order valence-corrected chi connectivity index (χ2v) is 4.55. The van der Waals surface area contributed by atoms with E-state index in [2.05, 4.69) is 15.9 Å². The van der Waals surface area contributed by atoms with Crippen molar-refractivity contribution in [2.45, 2.75) is 0 Å². The Kier molecular flexibility index (Phi) is 3.17. The molecule has 0 aromatic heterocycles. The number of benzene rings is 2. The maximum absolute atomic E-state index is 13.7. The molecule has 0 heterocycles. The van der Waals surface area contributed by atoms with E-state index in [9.17, 15) is 9.50 Å². The van der Waals surface area contributed by atoms with Gasteiger partial charge in [-0.1, -0.05) is 33.6 Å². The van der Waals surface area contributed by atoms with Crippen LogP contribution in [0.15, 0.2) is 40.9 Å². The van der Waals surface area contributed by atoms with Crippen molar-refractivity contribution in [3.63, 3.8) is 0 Å². The SMILES string of the molecule is Oc1ccc(Cl)cc1-c1c(F)cccc1Br. The second kappa shape index (κ2) is 4.44. The van der Waals surface area contributed by atoms with Gasteiger partial charge in [0.05, 0.1) is 0 Å². The average Bonchev–Trinajstić information content (AvgIpc) is 2.23. The molecule has 16 heavy (non-hydrogen) atoms. The number of hydrogen-bond donors (Lipinski definition) is 1. The van der Waals surface area contributed by atoms with Crippen molar-refractivity contribution >= 4 is 27.5 Å². The van der Waals surface area contributed by atoms with Gasteiger partial charge >= 0.3 is 0 Å². The van der Waals surface area contributed by atoms with Gasteiger partial charge in [0.25, 0.3) is 0 Å². The van der Waals surface area contributed by atoms with E-state index in [-0.39, 0.29) is 5.75 Å². The van der Waals surface area contributed by atoms with E-state index in [1.165, 1.54) is 18.2 Å². The van der Waals surface area contributed by atoms with Crippen LogP contribution in [0.3, 0.4) is 0 Å². The third kappa shape index (κ3) is 2.06. The van der Waals surface area contributed by atoms with Gasteiger partial charge in [-0.3, -0.25) is 0 Å². The summed E-state index contributed by atoms with van der Waals surface area (Å²) in [5, 5.41) is 10.1. The van der Waals surface area contributed by atoms with Crippen molar-refractivity contribution in [1.29, 1.82) is 0 Å². The lowest BCUT2D eigenvalue weighted by Gasteiger charge is -2.08. The van der Waals surface area contributed by atoms with Gasteiger partial charge in [0, 0.05) is 20.6 Å². The Morgan fingerprint density at radius 3 is 2.62 bits per heavy atom. The van der Waals surface area contributed by atoms with Gasteiger partial charge in [-0.2, -0.15) is 0 Å². The van der Waals surface area contributed by atoms with Crippen molar-refractivity contribution in [3.05, 3.63) is 51.7 Å². The quantitative estimate of drug-likeness (QED) is 0.815. The van der Waals surface area contributed by atoms with Gasteiger partial charge < -0.3 is 5.11 Å². The summed E-state index contributed by atoms with van der Waals surface area (Å²) in [6.45, 7) is 0. The zero-order valence-electron chi connectivity index (χ0n) is 8.05. The minimum atomic E-state index is -0.410. The molecule has 0 unspecified atom stereocenters. The van der Waals surface area contributed by atoms with E-state index in [4.69, 9.17) is 11.6 Å². The molecule has 0 bridgehead atoms. The molecule has 82 valence electrons. The minimum Gasteiger partial charge on any atom is -0.507 e. The van der Waals surface area contributed by atoms with Crippen molar-refractivity contribution in [3.8, 4) is 16.9 Å². The van der Waals surface area contributed by atoms with Crippen molar-refractivity contribution in [1.82, 2.24) is 0 Å². The highest BCUT2D eigenvalue weighted by Crippen LogP contribution is 2.37. The van der Waals surface area contributed by atoms with Crippen LogP contribution in [0, 0.1) is 5.82 Å². The fourth-order valence-corrected chi connectivity index (χ4v) is 2.19. The fourth-order valence-electron chi connectivity index (χ4n) is 1.46. The summed E-state index contributed by atoms with van der Waals surface area (Å²) < 4.78 is 14.2. The van der Waals surface area contributed by atoms with Crippen LogP contribution >= 0.6 is 27.5 Å². The molecule has 0 saturated carbocycles. The number of hydrogen-bond acceptors (Lipinski definition) is 1. The number of rotatable bonds is 1. The molecule has 1 nitrogen and oxygen atoms in total. The van der Waals surface area contributed by atoms with Crippen LogP contribution in [0.1, 0.15) is 0 Å². The summed E-state index contributed by atoms with van der Waals surface area (Å²) in [7, 11) is 0. The number of phenolic OH excluding ortho intramolecular Hbond substituents is 1. The number of halogens is 3. The minimum absolute atomic E-state index is 0.00444. The van der Waals surface area contributed by atoms with E-state index >= 15 is 0 Å². The molecule has 2 aromatic rings. The Labute approximate surface area is 106 Å². The lowest BCUT2D eigenvalue weighted by Crippen LogP contribution is -1.86. The molecule has 0 spiro atoms. The van der Waals surface area contributed by atoms with Gasteiger partial charge in [0.2, 0.25) is 0 Å². The molecule has 0 aliphatic carbocycles. The zero-order chi connectivity index (χ0) is 11.7. The molecule has 0 aliphatic rings. The normalized spacial score (nSPS) is 10.4. The van der Waals surface area contributed by atoms with Crippen LogP contribution in [-0.4, -0.2) is 5.11 Å². The molecule has 0 fully saturated rings. The summed E-state index contributed by atoms with van der Waals surface area (Å²) >= 11 is 9.07. The third-order valence-electron chi connectivity index (χ3n) is 2.19. The summed E-state index contributed by atoms with van der Waals surface area (Å²) in [6.07, 6.45) is 0. The molecule has 0 atom stereocenters. The molecule has 0 radical (unpaired) electrons. The summed E-state index contributed by atoms with van der Waals surface area (Å²) in [5.41, 5.74) is 0.681. The first kappa shape index (κ1) is 11.4. The van der Waals surface area contributed by atoms with Crippen molar-refractivity contribution in [2.75, 3.05) is 0 Å². The Bertz CT molecular complexity index is 522. The first-order chi connectivity index (χ1) is 7.59. The fraction of sp³-hybridized carbons (Fsp3) is 0. The highest BCUT2D eigenvalue weighted by atomic mass is 79.9. The van der Waals surface area contributed by atoms with Crippen molar-refractivity contribution < 1.29 is 9.50 Å². The lowest BCUT2D eigenvalue weighted by atomic mass is 10.0. The van der Waals surface area contributed by atoms with E-state index < -0.39 is 5.82 Å². The first-order valence-corrected chi connectivity index (χ1v) is 5.69. The van der Waals surface area contributed by atoms with Crippen LogP contribution < -0.4 is 0 Å². The van der Waals surface area contributed by atoms with Gasteiger partial charge in [-0.15, -0.1) is 0 Å². The summed E-state index contributed by atoms with van der Waals surface area (Å²) in [6, 6.07) is 9.15. The van der Waals surface area contributed by atoms with Crippen LogP contribution in [0.5, 0.6) is 5.75 Å². The van der Waals surface area contributed by atoms with Crippen LogP contribution in [0.2, 0.25) is 5.02 Å². The number of aromatic hydroxyl groups is 1. The van der Waals surface area contributed by atoms with E-state index in [1.807, 2.05) is 0 Å². The van der Waals surface area contributed by atoms with Crippen molar-refractivity contribution in [2.24, 2.45) is 0 Å². The molecule has 0 saturated heterocycles. The maximum atomic E-state index is 13.7. The topological polar surface area (TPSA) is 20.2 Å². The van der Waals surface area contributed by atoms with E-state index in [1.54, 1.807) is 18.2 Å². The van der Waals surface area contributed by atoms with E-state index in [0.29, 0.717) is 20.6 Å². The van der Waals surface area contributed by atoms with Crippen LogP contribution in [-0.2, 0) is 0 Å². The molecule has 2 rings (SSSR count). The maximum Gasteiger partial charge on any atom is 0.132 e. The predicted molar refractivity (Wildman–Crippen MR) is 66.2 cm³/mol. The standard InChI is InChI=1S/C12H7BrClFO/c13-9-2-1-3-10(15)12(9)8-6-7(14)4-5-11(8)16/h1-6,16H. The van der Waals surface area contributed by atoms with Gasteiger partial charge in [-0.05, 0) is 30.3 Å². The monoisotopic (exact) mass is 300 g/mol. The number of phenols is 1. The molecule has 2 aromatic carbocycles. The average molecular weight is 302 g/mol. The zero-order valence-corrected chi connectivity index (χ0v) is 10.4. The molecule has 0 aliphatic heterocycles. The molecule has 0 amide bonds. The van der Waals surface area contributed by atoms with Gasteiger partial charge in [0.15, 0.2) is 0 Å². The van der Waals surface area contributed by atoms with Crippen LogP contribution in [0.25, 0.3) is 11.1 Å². The second-order valence-electron chi connectivity index (χ2n) is 3.26. The predicted octanol–water partition coefficient (Wildman–Crippen LogP) is 4.61. The Morgan fingerprint density at radius 1 is 1.19 bits per heavy atom. The van der Waals surface area contributed by atoms with Crippen LogP contribution in [0.4, 0.5) is 4.39 Å². The lowest BCUT2D eigenvalue weighted by molar-refractivity contribution is 0.476. The molecular weight excluding hydrogens is 294 g/mol. The smallest absolute Gasteiger partial charge is 0.132 e. The Hall–Kier alpha value is -1.06. The summed E-state index contributed by atoms with van der Waals surface area (Å²) in [5.74, 6) is -0.415. The largest absolute Gasteiger partial charge is 0.507 e. The van der Waals surface area contributed by atoms with Gasteiger partial charge in [0.1, 0.15) is 11.6 Å². The van der Waals surface area contributed by atoms with E-state index in [0.717, 1.165) is 0 Å². The highest BCUT2D eigenvalue weighted by Gasteiger charge is 2.13. The molecule has 4 heteroatoms.